The highest BCUT2D eigenvalue weighted by atomic mass is 32.2. The zero-order valence-electron chi connectivity index (χ0n) is 15.8. The lowest BCUT2D eigenvalue weighted by Crippen LogP contribution is -2.51. The molecule has 0 aliphatic carbocycles. The highest BCUT2D eigenvalue weighted by Gasteiger charge is 2.32. The van der Waals surface area contributed by atoms with E-state index >= 15 is 0 Å². The van der Waals surface area contributed by atoms with Crippen LogP contribution >= 0.6 is 0 Å². The number of urea groups is 1. The van der Waals surface area contributed by atoms with E-state index in [2.05, 4.69) is 24.1 Å². The molecule has 7 heteroatoms. The Morgan fingerprint density at radius 3 is 2.50 bits per heavy atom. The zero-order valence-corrected chi connectivity index (χ0v) is 16.6. The van der Waals surface area contributed by atoms with E-state index in [1.54, 1.807) is 18.4 Å². The van der Waals surface area contributed by atoms with E-state index in [-0.39, 0.29) is 24.3 Å². The fourth-order valence-corrected chi connectivity index (χ4v) is 4.47. The maximum absolute atomic E-state index is 12.7. The normalized spacial score (nSPS) is 28.1. The number of hydrogen-bond acceptors (Lipinski definition) is 4. The van der Waals surface area contributed by atoms with Gasteiger partial charge in [-0.2, -0.15) is 0 Å². The summed E-state index contributed by atoms with van der Waals surface area (Å²) in [7, 11) is -1.01. The summed E-state index contributed by atoms with van der Waals surface area (Å²) in [5.74, 6) is 0. The Morgan fingerprint density at radius 1 is 1.23 bits per heavy atom. The summed E-state index contributed by atoms with van der Waals surface area (Å²) < 4.78 is 17.3. The Morgan fingerprint density at radius 2 is 1.88 bits per heavy atom. The molecule has 2 aliphatic rings. The first-order valence-corrected chi connectivity index (χ1v) is 10.9. The van der Waals surface area contributed by atoms with Crippen LogP contribution in [-0.4, -0.2) is 70.7 Å². The highest BCUT2D eigenvalue weighted by Crippen LogP contribution is 2.22. The monoisotopic (exact) mass is 379 g/mol. The van der Waals surface area contributed by atoms with Crippen LogP contribution in [0.3, 0.4) is 0 Å². The van der Waals surface area contributed by atoms with Gasteiger partial charge in [-0.25, -0.2) is 4.79 Å². The summed E-state index contributed by atoms with van der Waals surface area (Å²) in [6.45, 7) is 7.75. The third-order valence-electron chi connectivity index (χ3n) is 5.04. The number of rotatable bonds is 4. The van der Waals surface area contributed by atoms with Crippen molar-refractivity contribution in [2.45, 2.75) is 49.8 Å². The van der Waals surface area contributed by atoms with Crippen LogP contribution in [0.4, 0.5) is 10.5 Å². The molecule has 4 atom stereocenters. The van der Waals surface area contributed by atoms with Gasteiger partial charge in [-0.05, 0) is 51.0 Å². The van der Waals surface area contributed by atoms with Crippen molar-refractivity contribution in [3.05, 3.63) is 24.3 Å². The molecule has 1 aromatic carbocycles. The molecule has 1 N–H and O–H groups in total. The molecule has 0 unspecified atom stereocenters. The number of anilines is 1. The molecular formula is C19H29N3O3S. The van der Waals surface area contributed by atoms with Crippen LogP contribution in [0.1, 0.15) is 26.7 Å². The molecule has 0 spiro atoms. The zero-order chi connectivity index (χ0) is 18.7. The Kier molecular flexibility index (Phi) is 6.32. The summed E-state index contributed by atoms with van der Waals surface area (Å²) in [5, 5.41) is 2.98. The second-order valence-corrected chi connectivity index (χ2v) is 8.75. The topological polar surface area (TPSA) is 61.9 Å². The second-order valence-electron chi connectivity index (χ2n) is 7.37. The van der Waals surface area contributed by atoms with Crippen LogP contribution in [0.5, 0.6) is 0 Å². The molecule has 0 saturated carbocycles. The van der Waals surface area contributed by atoms with Gasteiger partial charge in [0.1, 0.15) is 0 Å². The van der Waals surface area contributed by atoms with E-state index in [0.717, 1.165) is 49.6 Å². The predicted octanol–water partition coefficient (Wildman–Crippen LogP) is 2.53. The number of hydrogen-bond donors (Lipinski definition) is 1. The fraction of sp³-hybridized carbons (Fsp3) is 0.632. The van der Waals surface area contributed by atoms with Crippen LogP contribution in [0.25, 0.3) is 0 Å². The van der Waals surface area contributed by atoms with Gasteiger partial charge in [0, 0.05) is 59.9 Å². The summed E-state index contributed by atoms with van der Waals surface area (Å²) in [6, 6.07) is 7.41. The predicted molar refractivity (Wildman–Crippen MR) is 104 cm³/mol. The summed E-state index contributed by atoms with van der Waals surface area (Å²) >= 11 is 0. The van der Waals surface area contributed by atoms with E-state index in [9.17, 15) is 9.00 Å². The molecule has 0 radical (unpaired) electrons. The molecule has 2 heterocycles. The van der Waals surface area contributed by atoms with Gasteiger partial charge in [-0.1, -0.05) is 0 Å². The van der Waals surface area contributed by atoms with Gasteiger partial charge in [0.25, 0.3) is 0 Å². The molecule has 3 rings (SSSR count). The van der Waals surface area contributed by atoms with Crippen molar-refractivity contribution in [2.75, 3.05) is 37.8 Å². The van der Waals surface area contributed by atoms with Gasteiger partial charge in [0.05, 0.1) is 12.2 Å². The number of amides is 2. The van der Waals surface area contributed by atoms with Crippen molar-refractivity contribution < 1.29 is 13.7 Å². The van der Waals surface area contributed by atoms with Crippen molar-refractivity contribution in [1.82, 2.24) is 9.80 Å². The Hall–Kier alpha value is -1.44. The number of carbonyl (C=O) groups excluding carboxylic acids is 1. The van der Waals surface area contributed by atoms with E-state index < -0.39 is 10.8 Å². The maximum Gasteiger partial charge on any atom is 0.322 e. The van der Waals surface area contributed by atoms with Crippen LogP contribution in [0.2, 0.25) is 0 Å². The van der Waals surface area contributed by atoms with Gasteiger partial charge < -0.3 is 15.0 Å². The fourth-order valence-electron chi connectivity index (χ4n) is 3.95. The average Bonchev–Trinajstić information content (AvgIpc) is 3.02. The first kappa shape index (κ1) is 19.3. The summed E-state index contributed by atoms with van der Waals surface area (Å²) in [5.41, 5.74) is 0.739. The lowest BCUT2D eigenvalue weighted by molar-refractivity contribution is -0.0712. The van der Waals surface area contributed by atoms with Gasteiger partial charge >= 0.3 is 6.03 Å². The van der Waals surface area contributed by atoms with Crippen molar-refractivity contribution >= 4 is 22.5 Å². The van der Waals surface area contributed by atoms with Crippen molar-refractivity contribution in [1.29, 1.82) is 0 Å². The second kappa shape index (κ2) is 8.50. The molecule has 2 aliphatic heterocycles. The minimum absolute atomic E-state index is 0.0489. The molecule has 2 amide bonds. The Labute approximate surface area is 158 Å². The minimum atomic E-state index is -1.01. The quantitative estimate of drug-likeness (QED) is 0.873. The molecular weight excluding hydrogens is 350 g/mol. The molecule has 2 saturated heterocycles. The average molecular weight is 380 g/mol. The van der Waals surface area contributed by atoms with Gasteiger partial charge in [0.15, 0.2) is 0 Å². The van der Waals surface area contributed by atoms with Crippen LogP contribution < -0.4 is 5.32 Å². The number of nitrogens with zero attached hydrogens (tertiary/aromatic N) is 2. The molecule has 1 aromatic rings. The SMILES string of the molecule is C[C@@H]1CN(C[C@@H]2CCCN2C(=O)Nc2ccc([S@](C)=O)cc2)C[C@H](C)O1. The molecule has 0 aromatic heterocycles. The largest absolute Gasteiger partial charge is 0.373 e. The Balaban J connectivity index is 1.58. The molecule has 0 bridgehead atoms. The highest BCUT2D eigenvalue weighted by molar-refractivity contribution is 7.84. The first-order chi connectivity index (χ1) is 12.4. The number of benzene rings is 1. The standard InChI is InChI=1S/C19H29N3O3S/c1-14-11-21(12-15(2)25-14)13-17-5-4-10-22(17)19(23)20-16-6-8-18(9-7-16)26(3)24/h6-9,14-15,17H,4-5,10-13H2,1-3H3,(H,20,23)/t14-,15+,17-,26-/m0/s1. The van der Waals surface area contributed by atoms with E-state index in [0.29, 0.717) is 0 Å². The summed E-state index contributed by atoms with van der Waals surface area (Å²) in [4.78, 5) is 17.9. The van der Waals surface area contributed by atoms with Gasteiger partial charge in [-0.3, -0.25) is 9.11 Å². The maximum atomic E-state index is 12.7. The van der Waals surface area contributed by atoms with Crippen LogP contribution in [0.15, 0.2) is 29.2 Å². The molecule has 6 nitrogen and oxygen atoms in total. The summed E-state index contributed by atoms with van der Waals surface area (Å²) in [6.07, 6.45) is 4.22. The minimum Gasteiger partial charge on any atom is -0.373 e. The van der Waals surface area contributed by atoms with Gasteiger partial charge in [-0.15, -0.1) is 0 Å². The van der Waals surface area contributed by atoms with Crippen molar-refractivity contribution in [2.24, 2.45) is 0 Å². The molecule has 144 valence electrons. The van der Waals surface area contributed by atoms with E-state index in [1.165, 1.54) is 0 Å². The number of carbonyl (C=O) groups is 1. The Bertz CT molecular complexity index is 642. The number of nitrogens with one attached hydrogen (secondary N) is 1. The van der Waals surface area contributed by atoms with E-state index in [4.69, 9.17) is 4.74 Å². The van der Waals surface area contributed by atoms with Crippen molar-refractivity contribution in [3.63, 3.8) is 0 Å². The smallest absolute Gasteiger partial charge is 0.322 e. The molecule has 2 fully saturated rings. The lowest BCUT2D eigenvalue weighted by atomic mass is 10.1. The van der Waals surface area contributed by atoms with Crippen molar-refractivity contribution in [3.8, 4) is 0 Å². The van der Waals surface area contributed by atoms with Crippen LogP contribution in [0, 0.1) is 0 Å². The third-order valence-corrected chi connectivity index (χ3v) is 5.98. The third kappa shape index (κ3) is 4.84. The lowest BCUT2D eigenvalue weighted by Gasteiger charge is -2.38. The number of likely N-dealkylation sites (tertiary alicyclic amines) is 1. The number of morpholine rings is 1. The van der Waals surface area contributed by atoms with E-state index in [1.807, 2.05) is 17.0 Å². The van der Waals surface area contributed by atoms with Crippen LogP contribution in [-0.2, 0) is 15.5 Å². The number of ether oxygens (including phenoxy) is 1. The first-order valence-electron chi connectivity index (χ1n) is 9.31. The molecule has 26 heavy (non-hydrogen) atoms. The van der Waals surface area contributed by atoms with Gasteiger partial charge in [0.2, 0.25) is 0 Å².